The van der Waals surface area contributed by atoms with Crippen molar-refractivity contribution in [2.75, 3.05) is 21.3 Å². The van der Waals surface area contributed by atoms with Gasteiger partial charge in [0, 0.05) is 18.0 Å². The molecule has 1 atom stereocenters. The van der Waals surface area contributed by atoms with E-state index in [0.717, 1.165) is 0 Å². The summed E-state index contributed by atoms with van der Waals surface area (Å²) in [6, 6.07) is 2.95. The van der Waals surface area contributed by atoms with Crippen LogP contribution in [0.25, 0.3) is 0 Å². The number of alkyl halides is 3. The largest absolute Gasteiger partial charge is 0.495 e. The zero-order valence-electron chi connectivity index (χ0n) is 11.5. The summed E-state index contributed by atoms with van der Waals surface area (Å²) in [6.07, 6.45) is -5.09. The van der Waals surface area contributed by atoms with Crippen LogP contribution in [-0.2, 0) is 0 Å². The molecule has 0 spiro atoms. The van der Waals surface area contributed by atoms with Crippen LogP contribution in [0.4, 0.5) is 13.2 Å². The molecular formula is C13H17BrF3NO2. The molecule has 7 heteroatoms. The molecule has 114 valence electrons. The molecule has 1 N–H and O–H groups in total. The number of halogens is 4. The first-order valence-corrected chi connectivity index (χ1v) is 6.77. The van der Waals surface area contributed by atoms with Gasteiger partial charge in [-0.1, -0.05) is 0 Å². The first-order valence-electron chi connectivity index (χ1n) is 5.98. The number of hydrogen-bond acceptors (Lipinski definition) is 3. The molecule has 1 unspecified atom stereocenters. The fourth-order valence-electron chi connectivity index (χ4n) is 1.96. The van der Waals surface area contributed by atoms with Crippen LogP contribution in [0.15, 0.2) is 16.6 Å². The molecular weight excluding hydrogens is 339 g/mol. The van der Waals surface area contributed by atoms with Crippen molar-refractivity contribution < 1.29 is 22.6 Å². The Hall–Kier alpha value is -0.950. The van der Waals surface area contributed by atoms with E-state index < -0.39 is 18.6 Å². The lowest BCUT2D eigenvalue weighted by atomic mass is 10.0. The molecule has 0 aliphatic carbocycles. The van der Waals surface area contributed by atoms with E-state index in [4.69, 9.17) is 9.47 Å². The molecule has 0 heterocycles. The monoisotopic (exact) mass is 355 g/mol. The predicted molar refractivity (Wildman–Crippen MR) is 74.3 cm³/mol. The number of methoxy groups -OCH3 is 2. The summed E-state index contributed by atoms with van der Waals surface area (Å²) < 4.78 is 48.1. The summed E-state index contributed by atoms with van der Waals surface area (Å²) in [7, 11) is 4.61. The fraction of sp³-hybridized carbons (Fsp3) is 0.538. The van der Waals surface area contributed by atoms with Crippen LogP contribution < -0.4 is 14.8 Å². The van der Waals surface area contributed by atoms with Crippen LogP contribution in [0.3, 0.4) is 0 Å². The average Bonchev–Trinajstić information content (AvgIpc) is 2.38. The highest BCUT2D eigenvalue weighted by Crippen LogP contribution is 2.41. The van der Waals surface area contributed by atoms with Gasteiger partial charge in [-0.05, 0) is 41.5 Å². The van der Waals surface area contributed by atoms with Crippen molar-refractivity contribution in [3.63, 3.8) is 0 Å². The zero-order chi connectivity index (χ0) is 15.3. The lowest BCUT2D eigenvalue weighted by Crippen LogP contribution is -2.20. The molecule has 0 fully saturated rings. The van der Waals surface area contributed by atoms with Gasteiger partial charge in [-0.2, -0.15) is 13.2 Å². The Morgan fingerprint density at radius 3 is 2.35 bits per heavy atom. The minimum Gasteiger partial charge on any atom is -0.495 e. The second-order valence-electron chi connectivity index (χ2n) is 4.20. The number of benzene rings is 1. The lowest BCUT2D eigenvalue weighted by Gasteiger charge is -2.21. The SMILES string of the molecule is CNC(CCC(F)(F)F)c1ccc(OC)c(Br)c1OC. The van der Waals surface area contributed by atoms with Gasteiger partial charge in [-0.3, -0.25) is 0 Å². The van der Waals surface area contributed by atoms with Crippen molar-refractivity contribution >= 4 is 15.9 Å². The topological polar surface area (TPSA) is 30.5 Å². The Morgan fingerprint density at radius 2 is 1.90 bits per heavy atom. The molecule has 0 radical (unpaired) electrons. The van der Waals surface area contributed by atoms with Gasteiger partial charge < -0.3 is 14.8 Å². The third-order valence-corrected chi connectivity index (χ3v) is 3.71. The number of rotatable bonds is 6. The Balaban J connectivity index is 3.06. The highest BCUT2D eigenvalue weighted by atomic mass is 79.9. The third kappa shape index (κ3) is 4.28. The molecule has 0 aromatic heterocycles. The van der Waals surface area contributed by atoms with E-state index in [1.54, 1.807) is 19.2 Å². The van der Waals surface area contributed by atoms with Crippen molar-refractivity contribution in [2.45, 2.75) is 25.1 Å². The molecule has 0 saturated carbocycles. The van der Waals surface area contributed by atoms with E-state index in [0.29, 0.717) is 21.5 Å². The molecule has 1 aromatic carbocycles. The summed E-state index contributed by atoms with van der Waals surface area (Å²) >= 11 is 3.34. The van der Waals surface area contributed by atoms with Crippen LogP contribution in [0.5, 0.6) is 11.5 Å². The summed E-state index contributed by atoms with van der Waals surface area (Å²) in [5.74, 6) is 1.04. The van der Waals surface area contributed by atoms with Gasteiger partial charge in [0.25, 0.3) is 0 Å². The second-order valence-corrected chi connectivity index (χ2v) is 4.99. The molecule has 1 aromatic rings. The quantitative estimate of drug-likeness (QED) is 0.834. The van der Waals surface area contributed by atoms with Gasteiger partial charge >= 0.3 is 6.18 Å². The normalized spacial score (nSPS) is 13.2. The van der Waals surface area contributed by atoms with Crippen LogP contribution >= 0.6 is 15.9 Å². The molecule has 0 aliphatic heterocycles. The van der Waals surface area contributed by atoms with Gasteiger partial charge in [0.15, 0.2) is 0 Å². The second kappa shape index (κ2) is 7.17. The summed E-state index contributed by atoms with van der Waals surface area (Å²) in [5.41, 5.74) is 0.659. The smallest absolute Gasteiger partial charge is 0.389 e. The van der Waals surface area contributed by atoms with Crippen molar-refractivity contribution in [2.24, 2.45) is 0 Å². The van der Waals surface area contributed by atoms with Crippen LogP contribution in [0.1, 0.15) is 24.4 Å². The van der Waals surface area contributed by atoms with Gasteiger partial charge in [0.2, 0.25) is 0 Å². The van der Waals surface area contributed by atoms with Crippen molar-refractivity contribution in [1.82, 2.24) is 5.32 Å². The number of nitrogens with one attached hydrogen (secondary N) is 1. The fourth-order valence-corrected chi connectivity index (χ4v) is 2.64. The molecule has 0 aliphatic rings. The molecule has 0 amide bonds. The molecule has 1 rings (SSSR count). The maximum atomic E-state index is 12.4. The van der Waals surface area contributed by atoms with Crippen molar-refractivity contribution in [3.05, 3.63) is 22.2 Å². The average molecular weight is 356 g/mol. The molecule has 3 nitrogen and oxygen atoms in total. The van der Waals surface area contributed by atoms with Gasteiger partial charge in [0.05, 0.1) is 14.2 Å². The minimum atomic E-state index is -4.17. The maximum absolute atomic E-state index is 12.4. The summed E-state index contributed by atoms with van der Waals surface area (Å²) in [6.45, 7) is 0. The van der Waals surface area contributed by atoms with Gasteiger partial charge in [0.1, 0.15) is 16.0 Å². The predicted octanol–water partition coefficient (Wildman–Crippen LogP) is 4.07. The Morgan fingerprint density at radius 1 is 1.25 bits per heavy atom. The van der Waals surface area contributed by atoms with Crippen molar-refractivity contribution in [1.29, 1.82) is 0 Å². The minimum absolute atomic E-state index is 0.0604. The maximum Gasteiger partial charge on any atom is 0.389 e. The van der Waals surface area contributed by atoms with E-state index in [2.05, 4.69) is 21.2 Å². The molecule has 0 saturated heterocycles. The van der Waals surface area contributed by atoms with E-state index >= 15 is 0 Å². The standard InChI is InChI=1S/C13H17BrF3NO2/c1-18-9(6-7-13(15,16)17)8-4-5-10(19-2)11(14)12(8)20-3/h4-5,9,18H,6-7H2,1-3H3. The summed E-state index contributed by atoms with van der Waals surface area (Å²) in [5, 5.41) is 2.89. The highest BCUT2D eigenvalue weighted by Gasteiger charge is 2.29. The summed E-state index contributed by atoms with van der Waals surface area (Å²) in [4.78, 5) is 0. The van der Waals surface area contributed by atoms with Crippen LogP contribution in [0, 0.1) is 0 Å². The lowest BCUT2D eigenvalue weighted by molar-refractivity contribution is -0.136. The van der Waals surface area contributed by atoms with E-state index in [1.807, 2.05) is 0 Å². The van der Waals surface area contributed by atoms with E-state index in [-0.39, 0.29) is 6.42 Å². The molecule has 0 bridgehead atoms. The first kappa shape index (κ1) is 17.1. The van der Waals surface area contributed by atoms with Crippen molar-refractivity contribution in [3.8, 4) is 11.5 Å². The molecule has 20 heavy (non-hydrogen) atoms. The van der Waals surface area contributed by atoms with Crippen LogP contribution in [-0.4, -0.2) is 27.4 Å². The third-order valence-electron chi connectivity index (χ3n) is 2.96. The number of hydrogen-bond donors (Lipinski definition) is 1. The van der Waals surface area contributed by atoms with Crippen LogP contribution in [0.2, 0.25) is 0 Å². The number of ether oxygens (including phenoxy) is 2. The Kier molecular flexibility index (Phi) is 6.13. The van der Waals surface area contributed by atoms with E-state index in [1.165, 1.54) is 14.2 Å². The Labute approximate surface area is 124 Å². The first-order chi connectivity index (χ1) is 9.34. The van der Waals surface area contributed by atoms with Gasteiger partial charge in [-0.25, -0.2) is 0 Å². The Bertz CT molecular complexity index is 452. The zero-order valence-corrected chi connectivity index (χ0v) is 13.1. The van der Waals surface area contributed by atoms with E-state index in [9.17, 15) is 13.2 Å². The van der Waals surface area contributed by atoms with Gasteiger partial charge in [-0.15, -0.1) is 0 Å². The highest BCUT2D eigenvalue weighted by molar-refractivity contribution is 9.10.